The Morgan fingerprint density at radius 2 is 1.88 bits per heavy atom. The number of anilines is 2. The Balaban J connectivity index is 1.34. The number of fused-ring (bicyclic) bond motifs is 1. The van der Waals surface area contributed by atoms with Gasteiger partial charge in [0.05, 0.1) is 11.8 Å². The van der Waals surface area contributed by atoms with Gasteiger partial charge in [0.1, 0.15) is 17.3 Å². The molecule has 0 saturated carbocycles. The van der Waals surface area contributed by atoms with Gasteiger partial charge >= 0.3 is 6.18 Å². The highest BCUT2D eigenvalue weighted by Crippen LogP contribution is 2.33. The molecular weight excluding hydrogens is 521 g/mol. The molecule has 2 N–H and O–H groups in total. The number of aromatic nitrogens is 4. The number of rotatable bonds is 5. The van der Waals surface area contributed by atoms with Crippen molar-refractivity contribution in [3.8, 4) is 11.8 Å². The molecule has 0 radical (unpaired) electrons. The van der Waals surface area contributed by atoms with Gasteiger partial charge in [0.25, 0.3) is 5.91 Å². The van der Waals surface area contributed by atoms with Gasteiger partial charge in [0.2, 0.25) is 0 Å². The Morgan fingerprint density at radius 1 is 1.07 bits per heavy atom. The zero-order chi connectivity index (χ0) is 28.3. The lowest BCUT2D eigenvalue weighted by molar-refractivity contribution is -0.138. The highest BCUT2D eigenvalue weighted by atomic mass is 19.4. The second-order valence-corrected chi connectivity index (χ2v) is 9.53. The van der Waals surface area contributed by atoms with E-state index < -0.39 is 17.6 Å². The molecular formula is C28H27F3N8O. The number of piperazine rings is 1. The van der Waals surface area contributed by atoms with Crippen LogP contribution in [0.15, 0.2) is 54.9 Å². The number of nitrogens with one attached hydrogen (secondary N) is 2. The van der Waals surface area contributed by atoms with Crippen molar-refractivity contribution in [2.75, 3.05) is 50.5 Å². The van der Waals surface area contributed by atoms with Crippen molar-refractivity contribution in [3.63, 3.8) is 0 Å². The highest BCUT2D eigenvalue weighted by Gasteiger charge is 2.34. The summed E-state index contributed by atoms with van der Waals surface area (Å²) in [6.45, 7) is 2.95. The molecule has 0 aliphatic carbocycles. The molecule has 0 bridgehead atoms. The number of pyridine rings is 1. The Hall–Kier alpha value is -4.47. The lowest BCUT2D eigenvalue weighted by atomic mass is 10.0. The molecule has 40 heavy (non-hydrogen) atoms. The van der Waals surface area contributed by atoms with Crippen molar-refractivity contribution >= 4 is 23.2 Å². The highest BCUT2D eigenvalue weighted by molar-refractivity contribution is 6.04. The standard InChI is InChI=1S/C28H27F3N8O/c1-37(2)26-8-7-25-34-17-22(39(25)36-26)6-3-19-9-10-33-24(15-19)35-27(40)20-4-5-21(23(16-20)28(29,30)31)18-38-13-11-32-12-14-38/h4-5,7-10,15-17,32H,11-14,18H2,1-2H3,(H,33,35,40). The average Bonchev–Trinajstić information content (AvgIpc) is 3.34. The van der Waals surface area contributed by atoms with E-state index in [1.165, 1.54) is 18.3 Å². The Labute approximate surface area is 229 Å². The van der Waals surface area contributed by atoms with E-state index in [2.05, 4.69) is 37.5 Å². The van der Waals surface area contributed by atoms with Gasteiger partial charge < -0.3 is 15.5 Å². The van der Waals surface area contributed by atoms with E-state index in [-0.39, 0.29) is 23.5 Å². The van der Waals surface area contributed by atoms with Gasteiger partial charge in [-0.15, -0.1) is 5.10 Å². The molecule has 1 fully saturated rings. The number of alkyl halides is 3. The van der Waals surface area contributed by atoms with Crippen molar-refractivity contribution < 1.29 is 18.0 Å². The molecule has 12 heteroatoms. The van der Waals surface area contributed by atoms with Crippen LogP contribution in [-0.2, 0) is 12.7 Å². The maximum Gasteiger partial charge on any atom is 0.416 e. The van der Waals surface area contributed by atoms with Crippen LogP contribution in [0.3, 0.4) is 0 Å². The lowest BCUT2D eigenvalue weighted by Gasteiger charge is -2.28. The van der Waals surface area contributed by atoms with Gasteiger partial charge in [-0.1, -0.05) is 12.0 Å². The minimum atomic E-state index is -4.59. The summed E-state index contributed by atoms with van der Waals surface area (Å²) in [7, 11) is 3.77. The molecule has 1 aliphatic rings. The predicted molar refractivity (Wildman–Crippen MR) is 145 cm³/mol. The summed E-state index contributed by atoms with van der Waals surface area (Å²) in [5.74, 6) is 6.24. The average molecular weight is 549 g/mol. The van der Waals surface area contributed by atoms with E-state index in [1.54, 1.807) is 22.8 Å². The number of carbonyl (C=O) groups is 1. The summed E-state index contributed by atoms with van der Waals surface area (Å²) in [6, 6.07) is 10.6. The maximum atomic E-state index is 13.9. The van der Waals surface area contributed by atoms with Gasteiger partial charge in [0, 0.05) is 64.1 Å². The van der Waals surface area contributed by atoms with Crippen LogP contribution in [0, 0.1) is 11.8 Å². The summed E-state index contributed by atoms with van der Waals surface area (Å²) < 4.78 is 43.3. The van der Waals surface area contributed by atoms with Crippen molar-refractivity contribution in [3.05, 3.63) is 82.8 Å². The van der Waals surface area contributed by atoms with Crippen molar-refractivity contribution in [1.29, 1.82) is 0 Å². The fraction of sp³-hybridized carbons (Fsp3) is 0.286. The second kappa shape index (κ2) is 11.3. The van der Waals surface area contributed by atoms with Crippen LogP contribution in [0.1, 0.15) is 32.7 Å². The number of amides is 1. The van der Waals surface area contributed by atoms with Crippen LogP contribution in [0.5, 0.6) is 0 Å². The van der Waals surface area contributed by atoms with E-state index in [1.807, 2.05) is 36.0 Å². The SMILES string of the molecule is CN(C)c1ccc2ncc(C#Cc3ccnc(NC(=O)c4ccc(CN5CCNCC5)c(C(F)(F)F)c4)c3)n2n1. The van der Waals surface area contributed by atoms with Crippen LogP contribution in [0.25, 0.3) is 5.65 Å². The molecule has 1 aromatic carbocycles. The third-order valence-corrected chi connectivity index (χ3v) is 6.42. The molecule has 4 aromatic rings. The summed E-state index contributed by atoms with van der Waals surface area (Å²) >= 11 is 0. The van der Waals surface area contributed by atoms with Crippen molar-refractivity contribution in [1.82, 2.24) is 29.8 Å². The monoisotopic (exact) mass is 548 g/mol. The summed E-state index contributed by atoms with van der Waals surface area (Å²) in [5, 5.41) is 10.3. The molecule has 5 rings (SSSR count). The first-order valence-corrected chi connectivity index (χ1v) is 12.6. The molecule has 4 heterocycles. The molecule has 0 atom stereocenters. The molecule has 3 aromatic heterocycles. The Morgan fingerprint density at radius 3 is 2.62 bits per heavy atom. The molecule has 0 spiro atoms. The summed E-state index contributed by atoms with van der Waals surface area (Å²) in [6.07, 6.45) is -1.51. The van der Waals surface area contributed by atoms with E-state index in [0.29, 0.717) is 30.0 Å². The van der Waals surface area contributed by atoms with Crippen LogP contribution in [0.4, 0.5) is 24.8 Å². The number of imidazole rings is 1. The van der Waals surface area contributed by atoms with Gasteiger partial charge in [-0.2, -0.15) is 13.2 Å². The number of hydrogen-bond donors (Lipinski definition) is 2. The van der Waals surface area contributed by atoms with E-state index >= 15 is 0 Å². The first-order valence-electron chi connectivity index (χ1n) is 12.6. The first kappa shape index (κ1) is 27.1. The van der Waals surface area contributed by atoms with E-state index in [9.17, 15) is 18.0 Å². The number of benzene rings is 1. The fourth-order valence-corrected chi connectivity index (χ4v) is 4.32. The number of hydrogen-bond acceptors (Lipinski definition) is 7. The molecule has 1 saturated heterocycles. The third kappa shape index (κ3) is 6.22. The molecule has 206 valence electrons. The van der Waals surface area contributed by atoms with Crippen LogP contribution in [0.2, 0.25) is 0 Å². The van der Waals surface area contributed by atoms with Gasteiger partial charge in [-0.25, -0.2) is 14.5 Å². The second-order valence-electron chi connectivity index (χ2n) is 9.53. The van der Waals surface area contributed by atoms with Crippen LogP contribution < -0.4 is 15.5 Å². The zero-order valence-electron chi connectivity index (χ0n) is 22.0. The maximum absolute atomic E-state index is 13.9. The Kier molecular flexibility index (Phi) is 7.68. The predicted octanol–water partition coefficient (Wildman–Crippen LogP) is 3.27. The van der Waals surface area contributed by atoms with Crippen LogP contribution >= 0.6 is 0 Å². The summed E-state index contributed by atoms with van der Waals surface area (Å²) in [4.78, 5) is 25.2. The number of halogens is 3. The van der Waals surface area contributed by atoms with Gasteiger partial charge in [-0.05, 0) is 47.9 Å². The largest absolute Gasteiger partial charge is 0.416 e. The molecule has 1 amide bonds. The first-order chi connectivity index (χ1) is 19.2. The van der Waals surface area contributed by atoms with Crippen LogP contribution in [-0.4, -0.2) is 70.7 Å². The minimum absolute atomic E-state index is 0.108. The smallest absolute Gasteiger partial charge is 0.361 e. The minimum Gasteiger partial charge on any atom is -0.361 e. The van der Waals surface area contributed by atoms with Gasteiger partial charge in [0.15, 0.2) is 5.65 Å². The quantitative estimate of drug-likeness (QED) is 0.370. The van der Waals surface area contributed by atoms with Crippen molar-refractivity contribution in [2.45, 2.75) is 12.7 Å². The third-order valence-electron chi connectivity index (χ3n) is 6.42. The zero-order valence-corrected chi connectivity index (χ0v) is 22.0. The number of nitrogens with zero attached hydrogens (tertiary/aromatic N) is 6. The van der Waals surface area contributed by atoms with E-state index in [0.717, 1.165) is 25.0 Å². The molecule has 9 nitrogen and oxygen atoms in total. The lowest BCUT2D eigenvalue weighted by Crippen LogP contribution is -2.43. The van der Waals surface area contributed by atoms with E-state index in [4.69, 9.17) is 0 Å². The molecule has 0 unspecified atom stereocenters. The number of carbonyl (C=O) groups excluding carboxylic acids is 1. The topological polar surface area (TPSA) is 90.7 Å². The Bertz CT molecular complexity index is 1600. The van der Waals surface area contributed by atoms with Crippen molar-refractivity contribution in [2.24, 2.45) is 0 Å². The fourth-order valence-electron chi connectivity index (χ4n) is 4.32. The molecule has 1 aliphatic heterocycles. The summed E-state index contributed by atoms with van der Waals surface area (Å²) in [5.41, 5.74) is 0.984. The van der Waals surface area contributed by atoms with Gasteiger partial charge in [-0.3, -0.25) is 9.69 Å². The normalized spacial score (nSPS) is 14.0.